The zero-order chi connectivity index (χ0) is 10.1. The number of aryl methyl sites for hydroxylation is 1. The van der Waals surface area contributed by atoms with E-state index in [-0.39, 0.29) is 14.9 Å². The van der Waals surface area contributed by atoms with Crippen LogP contribution in [0.1, 0.15) is 27.3 Å². The van der Waals surface area contributed by atoms with E-state index in [1.54, 1.807) is 11.8 Å². The first kappa shape index (κ1) is 20.3. The average Bonchev–Trinajstić information content (AvgIpc) is 2.19. The van der Waals surface area contributed by atoms with Gasteiger partial charge in [-0.15, -0.1) is 11.8 Å². The van der Waals surface area contributed by atoms with Crippen molar-refractivity contribution in [3.05, 3.63) is 29.8 Å². The SMILES string of the molecule is C.C.CCSC.CSc1ccc(C)cc1. The monoisotopic (exact) mass is 246 g/mol. The summed E-state index contributed by atoms with van der Waals surface area (Å²) in [6.45, 7) is 4.24. The summed E-state index contributed by atoms with van der Waals surface area (Å²) in [5, 5.41) is 0. The predicted molar refractivity (Wildman–Crippen MR) is 80.5 cm³/mol. The van der Waals surface area contributed by atoms with Gasteiger partial charge < -0.3 is 0 Å². The summed E-state index contributed by atoms with van der Waals surface area (Å²) in [5.74, 6) is 1.24. The van der Waals surface area contributed by atoms with Gasteiger partial charge in [0.25, 0.3) is 0 Å². The first-order valence-electron chi connectivity index (χ1n) is 4.34. The van der Waals surface area contributed by atoms with Crippen LogP contribution in [-0.2, 0) is 0 Å². The van der Waals surface area contributed by atoms with Gasteiger partial charge in [-0.3, -0.25) is 0 Å². The zero-order valence-electron chi connectivity index (χ0n) is 8.83. The summed E-state index contributed by atoms with van der Waals surface area (Å²) < 4.78 is 0. The van der Waals surface area contributed by atoms with Gasteiger partial charge in [0.2, 0.25) is 0 Å². The molecule has 0 fully saturated rings. The molecule has 0 saturated heterocycles. The molecule has 0 aliphatic heterocycles. The highest BCUT2D eigenvalue weighted by atomic mass is 32.2. The molecule has 0 nitrogen and oxygen atoms in total. The highest BCUT2D eigenvalue weighted by Gasteiger charge is 1.85. The maximum atomic E-state index is 2.14. The molecule has 2 heteroatoms. The summed E-state index contributed by atoms with van der Waals surface area (Å²) in [6.07, 6.45) is 4.19. The molecule has 0 spiro atoms. The van der Waals surface area contributed by atoms with Gasteiger partial charge in [0.05, 0.1) is 0 Å². The molecule has 0 heterocycles. The summed E-state index contributed by atoms with van der Waals surface area (Å²) >= 11 is 3.63. The highest BCUT2D eigenvalue weighted by molar-refractivity contribution is 7.98. The number of thioether (sulfide) groups is 2. The third-order valence-electron chi connectivity index (χ3n) is 1.55. The largest absolute Gasteiger partial charge is 0.166 e. The maximum absolute atomic E-state index is 2.14. The Bertz CT molecular complexity index is 202. The number of hydrogen-bond donors (Lipinski definition) is 0. The van der Waals surface area contributed by atoms with Gasteiger partial charge in [-0.1, -0.05) is 39.5 Å². The molecule has 90 valence electrons. The van der Waals surface area contributed by atoms with Crippen molar-refractivity contribution < 1.29 is 0 Å². The molecule has 0 saturated carbocycles. The number of benzene rings is 1. The van der Waals surface area contributed by atoms with Crippen molar-refractivity contribution in [2.45, 2.75) is 33.6 Å². The Labute approximate surface area is 105 Å². The van der Waals surface area contributed by atoms with Crippen LogP contribution < -0.4 is 0 Å². The van der Waals surface area contributed by atoms with Gasteiger partial charge in [0, 0.05) is 4.90 Å². The second-order valence-electron chi connectivity index (χ2n) is 2.59. The minimum absolute atomic E-state index is 0. The Kier molecular flexibility index (Phi) is 18.9. The fourth-order valence-electron chi connectivity index (χ4n) is 0.674. The molecule has 0 aliphatic carbocycles. The van der Waals surface area contributed by atoms with Gasteiger partial charge in [-0.05, 0) is 37.3 Å². The Morgan fingerprint density at radius 1 is 1.00 bits per heavy atom. The lowest BCUT2D eigenvalue weighted by atomic mass is 10.2. The molecule has 0 radical (unpaired) electrons. The molecule has 0 atom stereocenters. The molecule has 15 heavy (non-hydrogen) atoms. The second kappa shape index (κ2) is 13.9. The average molecular weight is 246 g/mol. The fourth-order valence-corrected chi connectivity index (χ4v) is 1.08. The van der Waals surface area contributed by atoms with Crippen LogP contribution in [-0.4, -0.2) is 18.3 Å². The van der Waals surface area contributed by atoms with Crippen LogP contribution in [0, 0.1) is 6.92 Å². The Morgan fingerprint density at radius 2 is 1.40 bits per heavy atom. The molecule has 0 amide bonds. The van der Waals surface area contributed by atoms with Crippen molar-refractivity contribution in [2.24, 2.45) is 0 Å². The van der Waals surface area contributed by atoms with E-state index in [1.165, 1.54) is 16.2 Å². The third kappa shape index (κ3) is 11.8. The minimum atomic E-state index is 0. The molecule has 1 rings (SSSR count). The van der Waals surface area contributed by atoms with Crippen molar-refractivity contribution in [2.75, 3.05) is 18.3 Å². The molecule has 0 bridgehead atoms. The molecule has 1 aromatic rings. The van der Waals surface area contributed by atoms with Crippen molar-refractivity contribution in [1.29, 1.82) is 0 Å². The van der Waals surface area contributed by atoms with E-state index in [2.05, 4.69) is 50.6 Å². The quantitative estimate of drug-likeness (QED) is 0.644. The summed E-state index contributed by atoms with van der Waals surface area (Å²) in [4.78, 5) is 1.33. The van der Waals surface area contributed by atoms with Gasteiger partial charge in [-0.2, -0.15) is 11.8 Å². The van der Waals surface area contributed by atoms with E-state index >= 15 is 0 Å². The van der Waals surface area contributed by atoms with Crippen molar-refractivity contribution in [3.63, 3.8) is 0 Å². The highest BCUT2D eigenvalue weighted by Crippen LogP contribution is 2.13. The maximum Gasteiger partial charge on any atom is 0.00693 e. The first-order valence-corrected chi connectivity index (χ1v) is 6.96. The summed E-state index contributed by atoms with van der Waals surface area (Å²) in [6, 6.07) is 8.54. The van der Waals surface area contributed by atoms with E-state index in [9.17, 15) is 0 Å². The van der Waals surface area contributed by atoms with Crippen LogP contribution >= 0.6 is 23.5 Å². The van der Waals surface area contributed by atoms with Gasteiger partial charge in [0.15, 0.2) is 0 Å². The standard InChI is InChI=1S/C8H10S.C3H8S.2CH4/c1-7-3-5-8(9-2)6-4-7;1-3-4-2;;/h3-6H,1-2H3;3H2,1-2H3;2*1H4. The Balaban J connectivity index is -0.000000213. The van der Waals surface area contributed by atoms with Crippen LogP contribution in [0.4, 0.5) is 0 Å². The molecule has 1 aromatic carbocycles. The molecule has 0 N–H and O–H groups in total. The predicted octanol–water partition coefficient (Wildman–Crippen LogP) is 5.36. The first-order chi connectivity index (χ1) is 6.24. The van der Waals surface area contributed by atoms with Crippen LogP contribution in [0.25, 0.3) is 0 Å². The van der Waals surface area contributed by atoms with E-state index in [4.69, 9.17) is 0 Å². The van der Waals surface area contributed by atoms with Crippen LogP contribution in [0.5, 0.6) is 0 Å². The normalized spacial score (nSPS) is 7.73. The van der Waals surface area contributed by atoms with Crippen molar-refractivity contribution >= 4 is 23.5 Å². The second-order valence-corrected chi connectivity index (χ2v) is 4.63. The lowest BCUT2D eigenvalue weighted by Gasteiger charge is -1.93. The third-order valence-corrected chi connectivity index (χ3v) is 2.87. The summed E-state index contributed by atoms with van der Waals surface area (Å²) in [5.41, 5.74) is 1.33. The van der Waals surface area contributed by atoms with Gasteiger partial charge in [0.1, 0.15) is 0 Å². The molecule has 0 aromatic heterocycles. The van der Waals surface area contributed by atoms with Crippen LogP contribution in [0.2, 0.25) is 0 Å². The molecule has 0 unspecified atom stereocenters. The number of hydrogen-bond acceptors (Lipinski definition) is 2. The molecule has 0 aliphatic rings. The molecular weight excluding hydrogens is 220 g/mol. The topological polar surface area (TPSA) is 0 Å². The van der Waals surface area contributed by atoms with Gasteiger partial charge >= 0.3 is 0 Å². The van der Waals surface area contributed by atoms with E-state index in [1.807, 2.05) is 11.8 Å². The lowest BCUT2D eigenvalue weighted by Crippen LogP contribution is -1.70. The zero-order valence-corrected chi connectivity index (χ0v) is 10.5. The van der Waals surface area contributed by atoms with E-state index < -0.39 is 0 Å². The van der Waals surface area contributed by atoms with Crippen LogP contribution in [0.3, 0.4) is 0 Å². The smallest absolute Gasteiger partial charge is 0.00693 e. The van der Waals surface area contributed by atoms with Crippen molar-refractivity contribution in [1.82, 2.24) is 0 Å². The number of rotatable bonds is 2. The molecular formula is C13H26S2. The summed E-state index contributed by atoms with van der Waals surface area (Å²) in [7, 11) is 0. The Hall–Kier alpha value is -0.0800. The van der Waals surface area contributed by atoms with Crippen LogP contribution in [0.15, 0.2) is 29.2 Å². The van der Waals surface area contributed by atoms with Crippen molar-refractivity contribution in [3.8, 4) is 0 Å². The van der Waals surface area contributed by atoms with E-state index in [0.717, 1.165) is 0 Å². The van der Waals surface area contributed by atoms with E-state index in [0.29, 0.717) is 0 Å². The fraction of sp³-hybridized carbons (Fsp3) is 0.538. The van der Waals surface area contributed by atoms with Gasteiger partial charge in [-0.25, -0.2) is 0 Å². The lowest BCUT2D eigenvalue weighted by molar-refractivity contribution is 1.38. The minimum Gasteiger partial charge on any atom is -0.166 e. The Morgan fingerprint density at radius 3 is 1.67 bits per heavy atom.